The van der Waals surface area contributed by atoms with E-state index in [1.54, 1.807) is 6.20 Å². The van der Waals surface area contributed by atoms with E-state index >= 15 is 0 Å². The van der Waals surface area contributed by atoms with E-state index in [4.69, 9.17) is 10.9 Å². The molecule has 1 aromatic heterocycles. The topological polar surface area (TPSA) is 74.7 Å². The van der Waals surface area contributed by atoms with Crippen LogP contribution in [0.5, 0.6) is 0 Å². The Morgan fingerprint density at radius 3 is 3.00 bits per heavy atom. The standard InChI is InChI=1S/C16H18N4O/c1-11-9-12-5-2-3-7-14(12)20(11)10-13-6-4-8-18-15(13)16(17)19-21/h2-8,11,21H,9-10H2,1H3,(H2,17,19). The summed E-state index contributed by atoms with van der Waals surface area (Å²) in [5.41, 5.74) is 9.82. The number of pyridine rings is 1. The van der Waals surface area contributed by atoms with Crippen LogP contribution in [0.2, 0.25) is 0 Å². The second-order valence-electron chi connectivity index (χ2n) is 5.31. The number of para-hydroxylation sites is 1. The van der Waals surface area contributed by atoms with Gasteiger partial charge in [-0.3, -0.25) is 4.98 Å². The number of oxime groups is 1. The molecule has 3 rings (SSSR count). The predicted molar refractivity (Wildman–Crippen MR) is 82.5 cm³/mol. The molecule has 21 heavy (non-hydrogen) atoms. The zero-order valence-corrected chi connectivity index (χ0v) is 11.9. The quantitative estimate of drug-likeness (QED) is 0.391. The smallest absolute Gasteiger partial charge is 0.189 e. The first kappa shape index (κ1) is 13.4. The largest absolute Gasteiger partial charge is 0.409 e. The molecule has 2 heterocycles. The van der Waals surface area contributed by atoms with E-state index in [1.165, 1.54) is 11.3 Å². The van der Waals surface area contributed by atoms with E-state index in [0.717, 1.165) is 12.0 Å². The molecule has 2 aromatic rings. The van der Waals surface area contributed by atoms with Crippen LogP contribution in [0.4, 0.5) is 5.69 Å². The summed E-state index contributed by atoms with van der Waals surface area (Å²) in [5.74, 6) is 0.0470. The minimum absolute atomic E-state index is 0.0470. The molecule has 108 valence electrons. The first-order valence-electron chi connectivity index (χ1n) is 6.97. The van der Waals surface area contributed by atoms with Crippen LogP contribution in [0.25, 0.3) is 0 Å². The summed E-state index contributed by atoms with van der Waals surface area (Å²) in [7, 11) is 0. The van der Waals surface area contributed by atoms with Gasteiger partial charge in [-0.25, -0.2) is 0 Å². The van der Waals surface area contributed by atoms with Crippen LogP contribution < -0.4 is 10.6 Å². The van der Waals surface area contributed by atoms with Crippen molar-refractivity contribution in [3.05, 3.63) is 59.4 Å². The van der Waals surface area contributed by atoms with E-state index in [0.29, 0.717) is 18.3 Å². The molecule has 0 bridgehead atoms. The van der Waals surface area contributed by atoms with Crippen molar-refractivity contribution in [2.75, 3.05) is 4.90 Å². The lowest BCUT2D eigenvalue weighted by Gasteiger charge is -2.25. The number of anilines is 1. The second kappa shape index (κ2) is 5.44. The minimum Gasteiger partial charge on any atom is -0.409 e. The van der Waals surface area contributed by atoms with E-state index in [2.05, 4.69) is 46.2 Å². The highest BCUT2D eigenvalue weighted by molar-refractivity contribution is 5.96. The Morgan fingerprint density at radius 1 is 1.38 bits per heavy atom. The van der Waals surface area contributed by atoms with Crippen molar-refractivity contribution in [1.29, 1.82) is 0 Å². The van der Waals surface area contributed by atoms with Crippen LogP contribution in [-0.2, 0) is 13.0 Å². The minimum atomic E-state index is 0.0470. The van der Waals surface area contributed by atoms with Gasteiger partial charge in [-0.15, -0.1) is 0 Å². The fourth-order valence-corrected chi connectivity index (χ4v) is 2.90. The Bertz CT molecular complexity index is 683. The van der Waals surface area contributed by atoms with Crippen molar-refractivity contribution < 1.29 is 5.21 Å². The lowest BCUT2D eigenvalue weighted by atomic mass is 10.1. The lowest BCUT2D eigenvalue weighted by molar-refractivity contribution is 0.318. The molecule has 3 N–H and O–H groups in total. The molecule has 0 fully saturated rings. The van der Waals surface area contributed by atoms with Crippen LogP contribution in [0, 0.1) is 0 Å². The Morgan fingerprint density at radius 2 is 2.19 bits per heavy atom. The molecule has 0 saturated carbocycles. The number of nitrogens with zero attached hydrogens (tertiary/aromatic N) is 3. The zero-order chi connectivity index (χ0) is 14.8. The monoisotopic (exact) mass is 282 g/mol. The van der Waals surface area contributed by atoms with E-state index in [9.17, 15) is 0 Å². The third-order valence-corrected chi connectivity index (χ3v) is 3.93. The fourth-order valence-electron chi connectivity index (χ4n) is 2.90. The number of aromatic nitrogens is 1. The molecule has 5 nitrogen and oxygen atoms in total. The molecule has 0 spiro atoms. The average Bonchev–Trinajstić information content (AvgIpc) is 2.83. The van der Waals surface area contributed by atoms with Crippen molar-refractivity contribution in [1.82, 2.24) is 4.98 Å². The first-order valence-corrected chi connectivity index (χ1v) is 6.97. The molecule has 1 unspecified atom stereocenters. The molecule has 5 heteroatoms. The SMILES string of the molecule is CC1Cc2ccccc2N1Cc1cccnc1C(N)=NO. The van der Waals surface area contributed by atoms with Gasteiger partial charge in [0.25, 0.3) is 0 Å². The van der Waals surface area contributed by atoms with Gasteiger partial charge in [0, 0.05) is 30.0 Å². The summed E-state index contributed by atoms with van der Waals surface area (Å²) in [6.45, 7) is 2.90. The molecular formula is C16H18N4O. The Hall–Kier alpha value is -2.56. The third kappa shape index (κ3) is 2.42. The highest BCUT2D eigenvalue weighted by Crippen LogP contribution is 2.33. The number of benzene rings is 1. The summed E-state index contributed by atoms with van der Waals surface area (Å²) in [4.78, 5) is 6.56. The van der Waals surface area contributed by atoms with Crippen molar-refractivity contribution in [3.8, 4) is 0 Å². The van der Waals surface area contributed by atoms with Crippen LogP contribution in [0.1, 0.15) is 23.7 Å². The summed E-state index contributed by atoms with van der Waals surface area (Å²) in [6.07, 6.45) is 2.69. The average molecular weight is 282 g/mol. The molecule has 0 saturated heterocycles. The lowest BCUT2D eigenvalue weighted by Crippen LogP contribution is -2.30. The summed E-state index contributed by atoms with van der Waals surface area (Å²) in [6, 6.07) is 12.7. The maximum atomic E-state index is 8.89. The Balaban J connectivity index is 1.95. The van der Waals surface area contributed by atoms with Crippen molar-refractivity contribution in [3.63, 3.8) is 0 Å². The van der Waals surface area contributed by atoms with E-state index in [-0.39, 0.29) is 5.84 Å². The van der Waals surface area contributed by atoms with Gasteiger partial charge in [0.15, 0.2) is 5.84 Å². The van der Waals surface area contributed by atoms with Gasteiger partial charge >= 0.3 is 0 Å². The molecule has 1 aliphatic heterocycles. The number of hydrogen-bond acceptors (Lipinski definition) is 4. The van der Waals surface area contributed by atoms with Gasteiger partial charge in [-0.05, 0) is 31.0 Å². The Labute approximate surface area is 123 Å². The maximum absolute atomic E-state index is 8.89. The fraction of sp³-hybridized carbons (Fsp3) is 0.250. The van der Waals surface area contributed by atoms with Crippen LogP contribution in [0.15, 0.2) is 47.8 Å². The summed E-state index contributed by atoms with van der Waals surface area (Å²) >= 11 is 0. The van der Waals surface area contributed by atoms with Crippen molar-refractivity contribution in [2.24, 2.45) is 10.9 Å². The van der Waals surface area contributed by atoms with Gasteiger partial charge < -0.3 is 15.8 Å². The predicted octanol–water partition coefficient (Wildman–Crippen LogP) is 2.13. The normalized spacial score (nSPS) is 17.9. The van der Waals surface area contributed by atoms with Gasteiger partial charge in [-0.2, -0.15) is 0 Å². The zero-order valence-electron chi connectivity index (χ0n) is 11.9. The van der Waals surface area contributed by atoms with Gasteiger partial charge in [0.2, 0.25) is 0 Å². The number of hydrogen-bond donors (Lipinski definition) is 2. The van der Waals surface area contributed by atoms with Crippen LogP contribution in [0.3, 0.4) is 0 Å². The van der Waals surface area contributed by atoms with Crippen LogP contribution >= 0.6 is 0 Å². The molecular weight excluding hydrogens is 264 g/mol. The molecule has 0 amide bonds. The molecule has 1 aliphatic rings. The summed E-state index contributed by atoms with van der Waals surface area (Å²) in [5, 5.41) is 12.0. The number of amidine groups is 1. The number of rotatable bonds is 3. The van der Waals surface area contributed by atoms with Crippen molar-refractivity contribution in [2.45, 2.75) is 25.9 Å². The van der Waals surface area contributed by atoms with Crippen LogP contribution in [-0.4, -0.2) is 22.1 Å². The third-order valence-electron chi connectivity index (χ3n) is 3.93. The Kier molecular flexibility index (Phi) is 3.48. The molecule has 0 radical (unpaired) electrons. The molecule has 1 atom stereocenters. The van der Waals surface area contributed by atoms with Crippen molar-refractivity contribution >= 4 is 11.5 Å². The van der Waals surface area contributed by atoms with Gasteiger partial charge in [0.1, 0.15) is 5.69 Å². The highest BCUT2D eigenvalue weighted by Gasteiger charge is 2.26. The van der Waals surface area contributed by atoms with E-state index < -0.39 is 0 Å². The second-order valence-corrected chi connectivity index (χ2v) is 5.31. The maximum Gasteiger partial charge on any atom is 0.189 e. The van der Waals surface area contributed by atoms with Gasteiger partial charge in [0.05, 0.1) is 0 Å². The first-order chi connectivity index (χ1) is 10.2. The number of fused-ring (bicyclic) bond motifs is 1. The van der Waals surface area contributed by atoms with E-state index in [1.807, 2.05) is 12.1 Å². The summed E-state index contributed by atoms with van der Waals surface area (Å²) < 4.78 is 0. The molecule has 1 aromatic carbocycles. The highest BCUT2D eigenvalue weighted by atomic mass is 16.4. The molecule has 0 aliphatic carbocycles. The number of nitrogens with two attached hydrogens (primary N) is 1. The van der Waals surface area contributed by atoms with Gasteiger partial charge in [-0.1, -0.05) is 29.4 Å².